The van der Waals surface area contributed by atoms with Gasteiger partial charge in [-0.3, -0.25) is 0 Å². The molecule has 2 heterocycles. The first-order chi connectivity index (χ1) is 9.20. The summed E-state index contributed by atoms with van der Waals surface area (Å²) in [6, 6.07) is 2.14. The number of amides is 2. The molecule has 0 bridgehead atoms. The molecule has 19 heavy (non-hydrogen) atoms. The molecule has 0 radical (unpaired) electrons. The molecule has 1 fully saturated rings. The van der Waals surface area contributed by atoms with E-state index in [1.54, 1.807) is 11.2 Å². The summed E-state index contributed by atoms with van der Waals surface area (Å²) in [5.74, 6) is 0.812. The number of rotatable bonds is 3. The third-order valence-electron chi connectivity index (χ3n) is 3.32. The smallest absolute Gasteiger partial charge is 0.317 e. The number of carbonyl (C=O) groups excluding carboxylic acids is 1. The van der Waals surface area contributed by atoms with Crippen LogP contribution < -0.4 is 5.32 Å². The molecular formula is C12H18N6O. The highest BCUT2D eigenvalue weighted by atomic mass is 16.2. The van der Waals surface area contributed by atoms with Crippen molar-refractivity contribution in [2.75, 3.05) is 19.6 Å². The summed E-state index contributed by atoms with van der Waals surface area (Å²) in [7, 11) is 1.87. The number of nitrogens with one attached hydrogen (secondary N) is 1. The largest absolute Gasteiger partial charge is 0.338 e. The van der Waals surface area contributed by atoms with E-state index < -0.39 is 0 Å². The van der Waals surface area contributed by atoms with Crippen molar-refractivity contribution in [2.24, 2.45) is 13.0 Å². The summed E-state index contributed by atoms with van der Waals surface area (Å²) >= 11 is 0. The Balaban J connectivity index is 1.75. The molecule has 1 aliphatic rings. The Labute approximate surface area is 112 Å². The van der Waals surface area contributed by atoms with Gasteiger partial charge in [-0.25, -0.2) is 4.79 Å². The van der Waals surface area contributed by atoms with Gasteiger partial charge in [0.25, 0.3) is 0 Å². The zero-order valence-electron chi connectivity index (χ0n) is 11.0. The number of piperidine rings is 1. The number of nitriles is 1. The van der Waals surface area contributed by atoms with Crippen molar-refractivity contribution in [1.29, 1.82) is 5.26 Å². The molecule has 0 aromatic carbocycles. The normalized spacial score (nSPS) is 18.9. The lowest BCUT2D eigenvalue weighted by Gasteiger charge is -2.29. The van der Waals surface area contributed by atoms with E-state index in [-0.39, 0.29) is 11.9 Å². The van der Waals surface area contributed by atoms with Crippen LogP contribution in [-0.4, -0.2) is 45.3 Å². The second-order valence-corrected chi connectivity index (χ2v) is 4.75. The molecule has 0 saturated carbocycles. The van der Waals surface area contributed by atoms with Gasteiger partial charge in [-0.2, -0.15) is 5.26 Å². The van der Waals surface area contributed by atoms with E-state index in [0.29, 0.717) is 19.5 Å². The fourth-order valence-electron chi connectivity index (χ4n) is 2.19. The number of nitrogens with zero attached hydrogens (tertiary/aromatic N) is 5. The first kappa shape index (κ1) is 13.3. The van der Waals surface area contributed by atoms with Crippen LogP contribution in [0.4, 0.5) is 4.79 Å². The molecule has 0 unspecified atom stereocenters. The minimum absolute atomic E-state index is 0.0294. The van der Waals surface area contributed by atoms with E-state index in [0.717, 1.165) is 25.2 Å². The molecule has 2 rings (SSSR count). The predicted octanol–water partition coefficient (Wildman–Crippen LogP) is 0.303. The monoisotopic (exact) mass is 262 g/mol. The van der Waals surface area contributed by atoms with E-state index in [1.165, 1.54) is 0 Å². The van der Waals surface area contributed by atoms with Gasteiger partial charge in [-0.15, -0.1) is 10.2 Å². The van der Waals surface area contributed by atoms with Gasteiger partial charge in [0.05, 0.1) is 12.0 Å². The van der Waals surface area contributed by atoms with E-state index in [4.69, 9.17) is 5.26 Å². The minimum atomic E-state index is -0.0953. The van der Waals surface area contributed by atoms with Crippen LogP contribution in [0.3, 0.4) is 0 Å². The van der Waals surface area contributed by atoms with Gasteiger partial charge in [0.1, 0.15) is 12.2 Å². The van der Waals surface area contributed by atoms with Gasteiger partial charge < -0.3 is 14.8 Å². The van der Waals surface area contributed by atoms with Crippen LogP contribution in [0.15, 0.2) is 6.33 Å². The van der Waals surface area contributed by atoms with Crippen LogP contribution >= 0.6 is 0 Å². The quantitative estimate of drug-likeness (QED) is 0.849. The third-order valence-corrected chi connectivity index (χ3v) is 3.32. The summed E-state index contributed by atoms with van der Waals surface area (Å²) in [6.07, 6.45) is 4.07. The van der Waals surface area contributed by atoms with Crippen molar-refractivity contribution in [1.82, 2.24) is 25.0 Å². The molecule has 0 aliphatic carbocycles. The molecular weight excluding hydrogens is 244 g/mol. The highest BCUT2D eigenvalue weighted by molar-refractivity contribution is 5.74. The molecule has 2 amide bonds. The van der Waals surface area contributed by atoms with E-state index in [2.05, 4.69) is 21.6 Å². The molecule has 102 valence electrons. The fraction of sp³-hybridized carbons (Fsp3) is 0.667. The predicted molar refractivity (Wildman–Crippen MR) is 68.0 cm³/mol. The Hall–Kier alpha value is -2.10. The van der Waals surface area contributed by atoms with Crippen molar-refractivity contribution in [2.45, 2.75) is 19.3 Å². The summed E-state index contributed by atoms with van der Waals surface area (Å²) < 4.78 is 1.83. The number of aromatic nitrogens is 3. The SMILES string of the molecule is Cn1cnnc1CCNC(=O)N1CCC[C@@H](C#N)C1. The molecule has 0 spiro atoms. The molecule has 1 saturated heterocycles. The average molecular weight is 262 g/mol. The second-order valence-electron chi connectivity index (χ2n) is 4.75. The van der Waals surface area contributed by atoms with Crippen LogP contribution in [0, 0.1) is 17.2 Å². The average Bonchev–Trinajstić information content (AvgIpc) is 2.84. The van der Waals surface area contributed by atoms with Gasteiger partial charge in [-0.05, 0) is 12.8 Å². The topological polar surface area (TPSA) is 86.8 Å². The van der Waals surface area contributed by atoms with Crippen LogP contribution in [0.25, 0.3) is 0 Å². The lowest BCUT2D eigenvalue weighted by atomic mass is 10.0. The van der Waals surface area contributed by atoms with Crippen molar-refractivity contribution in [3.8, 4) is 6.07 Å². The zero-order chi connectivity index (χ0) is 13.7. The lowest BCUT2D eigenvalue weighted by Crippen LogP contribution is -2.45. The van der Waals surface area contributed by atoms with Gasteiger partial charge >= 0.3 is 6.03 Å². The van der Waals surface area contributed by atoms with Gasteiger partial charge in [0.15, 0.2) is 0 Å². The standard InChI is InChI=1S/C12H18N6O/c1-17-9-15-16-11(17)4-5-14-12(19)18-6-2-3-10(7-13)8-18/h9-10H,2-6,8H2,1H3,(H,14,19)/t10-/m0/s1. The maximum atomic E-state index is 11.9. The number of hydrogen-bond acceptors (Lipinski definition) is 4. The van der Waals surface area contributed by atoms with E-state index in [9.17, 15) is 4.79 Å². The Bertz CT molecular complexity index is 477. The molecule has 1 atom stereocenters. The zero-order valence-corrected chi connectivity index (χ0v) is 11.0. The molecule has 7 nitrogen and oxygen atoms in total. The number of carbonyl (C=O) groups is 1. The van der Waals surface area contributed by atoms with Crippen molar-refractivity contribution in [3.05, 3.63) is 12.2 Å². The number of likely N-dealkylation sites (tertiary alicyclic amines) is 1. The Morgan fingerprint density at radius 1 is 1.68 bits per heavy atom. The Morgan fingerprint density at radius 2 is 2.53 bits per heavy atom. The molecule has 1 aromatic rings. The minimum Gasteiger partial charge on any atom is -0.338 e. The molecule has 1 aliphatic heterocycles. The lowest BCUT2D eigenvalue weighted by molar-refractivity contribution is 0.176. The number of hydrogen-bond donors (Lipinski definition) is 1. The second kappa shape index (κ2) is 6.18. The van der Waals surface area contributed by atoms with Crippen LogP contribution in [0.1, 0.15) is 18.7 Å². The van der Waals surface area contributed by atoms with Crippen LogP contribution in [0.2, 0.25) is 0 Å². The van der Waals surface area contributed by atoms with Gasteiger partial charge in [0, 0.05) is 33.1 Å². The van der Waals surface area contributed by atoms with E-state index in [1.807, 2.05) is 11.6 Å². The van der Waals surface area contributed by atoms with Crippen molar-refractivity contribution < 1.29 is 4.79 Å². The Kier molecular flexibility index (Phi) is 4.34. The highest BCUT2D eigenvalue weighted by Crippen LogP contribution is 2.15. The molecule has 1 N–H and O–H groups in total. The summed E-state index contributed by atoms with van der Waals surface area (Å²) in [6.45, 7) is 1.79. The fourth-order valence-corrected chi connectivity index (χ4v) is 2.19. The van der Waals surface area contributed by atoms with Crippen molar-refractivity contribution in [3.63, 3.8) is 0 Å². The van der Waals surface area contributed by atoms with Gasteiger partial charge in [-0.1, -0.05) is 0 Å². The summed E-state index contributed by atoms with van der Waals surface area (Å²) in [5.41, 5.74) is 0. The maximum Gasteiger partial charge on any atom is 0.317 e. The molecule has 1 aromatic heterocycles. The Morgan fingerprint density at radius 3 is 3.21 bits per heavy atom. The van der Waals surface area contributed by atoms with Crippen molar-refractivity contribution >= 4 is 6.03 Å². The van der Waals surface area contributed by atoms with Gasteiger partial charge in [0.2, 0.25) is 0 Å². The highest BCUT2D eigenvalue weighted by Gasteiger charge is 2.22. The number of urea groups is 1. The first-order valence-electron chi connectivity index (χ1n) is 6.46. The summed E-state index contributed by atoms with van der Waals surface area (Å²) in [5, 5.41) is 19.5. The number of aryl methyl sites for hydroxylation is 1. The van der Waals surface area contributed by atoms with E-state index >= 15 is 0 Å². The maximum absolute atomic E-state index is 11.9. The van der Waals surface area contributed by atoms with Crippen LogP contribution in [0.5, 0.6) is 0 Å². The van der Waals surface area contributed by atoms with Crippen LogP contribution in [-0.2, 0) is 13.5 Å². The summed E-state index contributed by atoms with van der Waals surface area (Å²) in [4.78, 5) is 13.7. The third kappa shape index (κ3) is 3.44. The molecule has 7 heteroatoms. The first-order valence-corrected chi connectivity index (χ1v) is 6.46.